The van der Waals surface area contributed by atoms with Crippen LogP contribution < -0.4 is 5.56 Å². The van der Waals surface area contributed by atoms with Gasteiger partial charge in [0.05, 0.1) is 34.9 Å². The van der Waals surface area contributed by atoms with Crippen LogP contribution in [0.5, 0.6) is 0 Å². The molecule has 84 valence electrons. The molecular weight excluding hydrogens is 228 g/mol. The molecule has 1 heterocycles. The summed E-state index contributed by atoms with van der Waals surface area (Å²) in [7, 11) is 0. The lowest BCUT2D eigenvalue weighted by molar-refractivity contribution is 0.172. The lowest BCUT2D eigenvalue weighted by Gasteiger charge is -2.08. The molecule has 0 bridgehead atoms. The van der Waals surface area contributed by atoms with Gasteiger partial charge in [0.25, 0.3) is 5.56 Å². The second-order valence-electron chi connectivity index (χ2n) is 3.69. The van der Waals surface area contributed by atoms with Gasteiger partial charge in [-0.2, -0.15) is 0 Å². The third-order valence-electron chi connectivity index (χ3n) is 2.27. The van der Waals surface area contributed by atoms with Crippen molar-refractivity contribution < 1.29 is 5.11 Å². The van der Waals surface area contributed by atoms with Gasteiger partial charge in [0, 0.05) is 0 Å². The number of hydrogen-bond donors (Lipinski definition) is 1. The summed E-state index contributed by atoms with van der Waals surface area (Å²) in [5, 5.41) is 10.2. The maximum atomic E-state index is 12.0. The molecule has 0 radical (unpaired) electrons. The third kappa shape index (κ3) is 1.94. The molecule has 0 saturated carbocycles. The van der Waals surface area contributed by atoms with E-state index in [4.69, 9.17) is 11.6 Å². The summed E-state index contributed by atoms with van der Waals surface area (Å²) in [5.74, 6) is 0. The largest absolute Gasteiger partial charge is 0.392 e. The molecule has 0 spiro atoms. The van der Waals surface area contributed by atoms with Crippen LogP contribution in [0.15, 0.2) is 29.3 Å². The first kappa shape index (κ1) is 11.1. The number of hydrogen-bond acceptors (Lipinski definition) is 3. The number of fused-ring (bicyclic) bond motifs is 1. The molecule has 1 N–H and O–H groups in total. The van der Waals surface area contributed by atoms with Crippen LogP contribution in [0.1, 0.15) is 6.92 Å². The van der Waals surface area contributed by atoms with E-state index in [-0.39, 0.29) is 12.1 Å². The first-order valence-electron chi connectivity index (χ1n) is 4.91. The minimum absolute atomic E-state index is 0.187. The molecule has 0 fully saturated rings. The van der Waals surface area contributed by atoms with Crippen molar-refractivity contribution in [1.82, 2.24) is 9.55 Å². The Labute approximate surface area is 97.1 Å². The van der Waals surface area contributed by atoms with Crippen LogP contribution >= 0.6 is 11.6 Å². The van der Waals surface area contributed by atoms with Crippen LogP contribution in [-0.2, 0) is 6.54 Å². The summed E-state index contributed by atoms with van der Waals surface area (Å²) in [6, 6.07) is 5.07. The fraction of sp³-hybridized carbons (Fsp3) is 0.273. The lowest BCUT2D eigenvalue weighted by atomic mass is 10.2. The Morgan fingerprint density at radius 1 is 1.56 bits per heavy atom. The summed E-state index contributed by atoms with van der Waals surface area (Å²) in [6.07, 6.45) is 0.819. The van der Waals surface area contributed by atoms with E-state index < -0.39 is 6.10 Å². The van der Waals surface area contributed by atoms with Crippen molar-refractivity contribution in [3.8, 4) is 0 Å². The van der Waals surface area contributed by atoms with E-state index in [0.29, 0.717) is 15.9 Å². The van der Waals surface area contributed by atoms with Gasteiger partial charge < -0.3 is 5.11 Å². The van der Waals surface area contributed by atoms with Gasteiger partial charge in [-0.15, -0.1) is 0 Å². The minimum Gasteiger partial charge on any atom is -0.392 e. The number of aliphatic hydroxyl groups is 1. The third-order valence-corrected chi connectivity index (χ3v) is 2.57. The highest BCUT2D eigenvalue weighted by molar-refractivity contribution is 6.34. The molecule has 0 saturated heterocycles. The lowest BCUT2D eigenvalue weighted by Crippen LogP contribution is -2.25. The number of para-hydroxylation sites is 1. The second-order valence-corrected chi connectivity index (χ2v) is 4.09. The van der Waals surface area contributed by atoms with Gasteiger partial charge in [0.15, 0.2) is 0 Å². The van der Waals surface area contributed by atoms with Gasteiger partial charge >= 0.3 is 0 Å². The first-order chi connectivity index (χ1) is 7.59. The van der Waals surface area contributed by atoms with Crippen molar-refractivity contribution in [3.05, 3.63) is 39.9 Å². The number of aromatic nitrogens is 2. The zero-order valence-electron chi connectivity index (χ0n) is 8.72. The fourth-order valence-electron chi connectivity index (χ4n) is 1.57. The van der Waals surface area contributed by atoms with E-state index in [9.17, 15) is 9.90 Å². The van der Waals surface area contributed by atoms with Crippen molar-refractivity contribution in [3.63, 3.8) is 0 Å². The van der Waals surface area contributed by atoms with E-state index in [1.165, 1.54) is 10.9 Å². The van der Waals surface area contributed by atoms with Crippen LogP contribution in [0.2, 0.25) is 5.02 Å². The highest BCUT2D eigenvalue weighted by Gasteiger charge is 2.07. The number of halogens is 1. The topological polar surface area (TPSA) is 55.1 Å². The predicted octanol–water partition coefficient (Wildman–Crippen LogP) is 1.43. The van der Waals surface area contributed by atoms with E-state index in [1.807, 2.05) is 0 Å². The molecule has 16 heavy (non-hydrogen) atoms. The maximum Gasteiger partial charge on any atom is 0.261 e. The Bertz CT molecular complexity index is 578. The van der Waals surface area contributed by atoms with Crippen LogP contribution in [0.3, 0.4) is 0 Å². The Hall–Kier alpha value is -1.39. The maximum absolute atomic E-state index is 12.0. The second kappa shape index (κ2) is 4.23. The van der Waals surface area contributed by atoms with Crippen molar-refractivity contribution in [2.75, 3.05) is 0 Å². The SMILES string of the molecule is CC(O)Cn1cnc2c(Cl)cccc2c1=O. The van der Waals surface area contributed by atoms with Gasteiger partial charge in [0.2, 0.25) is 0 Å². The minimum atomic E-state index is -0.587. The van der Waals surface area contributed by atoms with E-state index in [1.54, 1.807) is 25.1 Å². The molecular formula is C11H11ClN2O2. The Kier molecular flexibility index (Phi) is 2.94. The Balaban J connectivity index is 2.66. The number of benzene rings is 1. The molecule has 5 heteroatoms. The molecule has 0 amide bonds. The van der Waals surface area contributed by atoms with E-state index in [2.05, 4.69) is 4.98 Å². The summed E-state index contributed by atoms with van der Waals surface area (Å²) in [4.78, 5) is 16.1. The van der Waals surface area contributed by atoms with Crippen molar-refractivity contribution >= 4 is 22.5 Å². The average molecular weight is 239 g/mol. The normalized spacial score (nSPS) is 12.9. The molecule has 0 aliphatic rings. The summed E-state index contributed by atoms with van der Waals surface area (Å²) in [5.41, 5.74) is 0.310. The van der Waals surface area contributed by atoms with Crippen LogP contribution in [0.25, 0.3) is 10.9 Å². The first-order valence-corrected chi connectivity index (χ1v) is 5.29. The molecule has 1 unspecified atom stereocenters. The Morgan fingerprint density at radius 3 is 3.00 bits per heavy atom. The summed E-state index contributed by atoms with van der Waals surface area (Å²) in [6.45, 7) is 1.85. The van der Waals surface area contributed by atoms with Crippen molar-refractivity contribution in [1.29, 1.82) is 0 Å². The van der Waals surface area contributed by atoms with Gasteiger partial charge in [-0.1, -0.05) is 17.7 Å². The number of nitrogens with zero attached hydrogens (tertiary/aromatic N) is 2. The molecule has 1 aromatic carbocycles. The zero-order chi connectivity index (χ0) is 11.7. The number of aliphatic hydroxyl groups excluding tert-OH is 1. The fourth-order valence-corrected chi connectivity index (χ4v) is 1.79. The molecule has 1 atom stereocenters. The van der Waals surface area contributed by atoms with E-state index >= 15 is 0 Å². The van der Waals surface area contributed by atoms with Gasteiger partial charge in [-0.25, -0.2) is 4.98 Å². The predicted molar refractivity (Wildman–Crippen MR) is 62.7 cm³/mol. The van der Waals surface area contributed by atoms with E-state index in [0.717, 1.165) is 0 Å². The highest BCUT2D eigenvalue weighted by Crippen LogP contribution is 2.17. The highest BCUT2D eigenvalue weighted by atomic mass is 35.5. The monoisotopic (exact) mass is 238 g/mol. The molecule has 0 aliphatic heterocycles. The smallest absolute Gasteiger partial charge is 0.261 e. The van der Waals surface area contributed by atoms with Crippen molar-refractivity contribution in [2.24, 2.45) is 0 Å². The van der Waals surface area contributed by atoms with Crippen LogP contribution in [0, 0.1) is 0 Å². The van der Waals surface area contributed by atoms with Crippen LogP contribution in [0.4, 0.5) is 0 Å². The molecule has 4 nitrogen and oxygen atoms in total. The zero-order valence-corrected chi connectivity index (χ0v) is 9.48. The van der Waals surface area contributed by atoms with Gasteiger partial charge in [-0.05, 0) is 19.1 Å². The molecule has 2 aromatic rings. The number of rotatable bonds is 2. The quantitative estimate of drug-likeness (QED) is 0.861. The summed E-state index contributed by atoms with van der Waals surface area (Å²) >= 11 is 5.93. The molecule has 2 rings (SSSR count). The van der Waals surface area contributed by atoms with Crippen LogP contribution in [-0.4, -0.2) is 20.8 Å². The van der Waals surface area contributed by atoms with Gasteiger partial charge in [-0.3, -0.25) is 9.36 Å². The Morgan fingerprint density at radius 2 is 2.31 bits per heavy atom. The average Bonchev–Trinajstić information content (AvgIpc) is 2.23. The molecule has 1 aromatic heterocycles. The van der Waals surface area contributed by atoms with Gasteiger partial charge in [0.1, 0.15) is 0 Å². The van der Waals surface area contributed by atoms with Crippen molar-refractivity contribution in [2.45, 2.75) is 19.6 Å². The molecule has 0 aliphatic carbocycles. The standard InChI is InChI=1S/C11H11ClN2O2/c1-7(15)5-14-6-13-10-8(11(14)16)3-2-4-9(10)12/h2-4,6-7,15H,5H2,1H3. The summed E-state index contributed by atoms with van der Waals surface area (Å²) < 4.78 is 1.38.